The summed E-state index contributed by atoms with van der Waals surface area (Å²) in [5.74, 6) is -0.868. The van der Waals surface area contributed by atoms with Gasteiger partial charge in [0.2, 0.25) is 0 Å². The fourth-order valence-electron chi connectivity index (χ4n) is 3.55. The van der Waals surface area contributed by atoms with Crippen molar-refractivity contribution in [2.75, 3.05) is 18.9 Å². The number of nitrogens with one attached hydrogen (secondary N) is 1. The zero-order valence-corrected chi connectivity index (χ0v) is 18.1. The van der Waals surface area contributed by atoms with E-state index in [0.29, 0.717) is 29.2 Å². The minimum Gasteiger partial charge on any atom is -0.507 e. The maximum atomic E-state index is 13.1. The van der Waals surface area contributed by atoms with Crippen molar-refractivity contribution < 1.29 is 19.4 Å². The molecular weight excluding hydrogens is 430 g/mol. The number of aromatic nitrogens is 2. The third-order valence-corrected chi connectivity index (χ3v) is 6.23. The van der Waals surface area contributed by atoms with Crippen molar-refractivity contribution in [3.8, 4) is 5.75 Å². The molecule has 0 spiro atoms. The van der Waals surface area contributed by atoms with Crippen LogP contribution in [-0.2, 0) is 16.1 Å². The Morgan fingerprint density at radius 2 is 1.97 bits per heavy atom. The number of carbonyl (C=O) groups is 2. The van der Waals surface area contributed by atoms with Gasteiger partial charge in [-0.15, -0.1) is 0 Å². The van der Waals surface area contributed by atoms with E-state index >= 15 is 0 Å². The molecule has 1 fully saturated rings. The normalized spacial score (nSPS) is 15.7. The van der Waals surface area contributed by atoms with Crippen molar-refractivity contribution in [3.63, 3.8) is 0 Å². The summed E-state index contributed by atoms with van der Waals surface area (Å²) in [6, 6.07) is 13.2. The van der Waals surface area contributed by atoms with Crippen LogP contribution in [0.5, 0.6) is 5.75 Å². The van der Waals surface area contributed by atoms with Crippen molar-refractivity contribution in [1.82, 2.24) is 14.9 Å². The average Bonchev–Trinajstić information content (AvgIpc) is 3.32. The summed E-state index contributed by atoms with van der Waals surface area (Å²) < 4.78 is 7.27. The standard InChI is InChI=1S/C23H23N3O5S/c27-15(12-24-21(29)18-8-2-4-10-20(18)28)14-32-23-25-19-9-3-1-7-17(19)22(30)26(23)13-16-6-5-11-31-16/h1-4,7-10,16,28H,5-6,11-14H2,(H,24,29). The van der Waals surface area contributed by atoms with Gasteiger partial charge in [0.05, 0.1) is 41.4 Å². The molecule has 9 heteroatoms. The molecule has 1 aliphatic heterocycles. The SMILES string of the molecule is O=C(CNC(=O)c1ccccc1O)CSc1nc2ccccc2c(=O)n1CC1CCCO1. The monoisotopic (exact) mass is 453 g/mol. The van der Waals surface area contributed by atoms with Crippen LogP contribution < -0.4 is 10.9 Å². The van der Waals surface area contributed by atoms with Gasteiger partial charge in [-0.05, 0) is 37.1 Å². The number of rotatable bonds is 8. The summed E-state index contributed by atoms with van der Waals surface area (Å²) in [6.07, 6.45) is 1.78. The predicted molar refractivity (Wildman–Crippen MR) is 121 cm³/mol. The number of thioether (sulfide) groups is 1. The molecule has 2 N–H and O–H groups in total. The molecule has 8 nitrogen and oxygen atoms in total. The van der Waals surface area contributed by atoms with Gasteiger partial charge in [-0.3, -0.25) is 19.0 Å². The van der Waals surface area contributed by atoms with Gasteiger partial charge < -0.3 is 15.2 Å². The molecule has 1 amide bonds. The number of amides is 1. The Morgan fingerprint density at radius 3 is 2.75 bits per heavy atom. The Bertz CT molecular complexity index is 1200. The molecule has 1 aliphatic rings. The van der Waals surface area contributed by atoms with Crippen LogP contribution in [0.15, 0.2) is 58.5 Å². The summed E-state index contributed by atoms with van der Waals surface area (Å²) in [7, 11) is 0. The molecule has 0 saturated carbocycles. The predicted octanol–water partition coefficient (Wildman–Crippen LogP) is 2.37. The van der Waals surface area contributed by atoms with Gasteiger partial charge >= 0.3 is 0 Å². The van der Waals surface area contributed by atoms with E-state index < -0.39 is 5.91 Å². The molecule has 0 radical (unpaired) electrons. The molecular formula is C23H23N3O5S. The van der Waals surface area contributed by atoms with Crippen molar-refractivity contribution in [2.24, 2.45) is 0 Å². The van der Waals surface area contributed by atoms with E-state index in [1.165, 1.54) is 12.1 Å². The average molecular weight is 454 g/mol. The number of hydrogen-bond donors (Lipinski definition) is 2. The second-order valence-electron chi connectivity index (χ2n) is 7.49. The fraction of sp³-hybridized carbons (Fsp3) is 0.304. The largest absolute Gasteiger partial charge is 0.507 e. The smallest absolute Gasteiger partial charge is 0.262 e. The van der Waals surface area contributed by atoms with Crippen molar-refractivity contribution >= 4 is 34.4 Å². The molecule has 1 aromatic heterocycles. The molecule has 2 heterocycles. The molecule has 32 heavy (non-hydrogen) atoms. The number of benzene rings is 2. The Hall–Kier alpha value is -3.17. The highest BCUT2D eigenvalue weighted by Crippen LogP contribution is 2.21. The van der Waals surface area contributed by atoms with E-state index in [2.05, 4.69) is 10.3 Å². The second-order valence-corrected chi connectivity index (χ2v) is 8.43. The summed E-state index contributed by atoms with van der Waals surface area (Å²) in [5, 5.41) is 13.2. The Kier molecular flexibility index (Phi) is 6.87. The van der Waals surface area contributed by atoms with Crippen molar-refractivity contribution in [3.05, 3.63) is 64.4 Å². The first-order valence-electron chi connectivity index (χ1n) is 10.3. The van der Waals surface area contributed by atoms with Crippen LogP contribution >= 0.6 is 11.8 Å². The third-order valence-electron chi connectivity index (χ3n) is 5.19. The maximum Gasteiger partial charge on any atom is 0.262 e. The maximum absolute atomic E-state index is 13.1. The summed E-state index contributed by atoms with van der Waals surface area (Å²) in [6.45, 7) is 0.874. The molecule has 3 aromatic rings. The topological polar surface area (TPSA) is 111 Å². The second kappa shape index (κ2) is 9.97. The summed E-state index contributed by atoms with van der Waals surface area (Å²) in [4.78, 5) is 42.3. The molecule has 1 saturated heterocycles. The number of para-hydroxylation sites is 2. The van der Waals surface area contributed by atoms with Crippen LogP contribution in [0.3, 0.4) is 0 Å². The van der Waals surface area contributed by atoms with Crippen LogP contribution in [0.25, 0.3) is 10.9 Å². The highest BCUT2D eigenvalue weighted by molar-refractivity contribution is 7.99. The molecule has 4 rings (SSSR count). The minimum absolute atomic E-state index is 0.0390. The van der Waals surface area contributed by atoms with E-state index in [1.54, 1.807) is 34.9 Å². The van der Waals surface area contributed by atoms with Crippen molar-refractivity contribution in [1.29, 1.82) is 0 Å². The summed E-state index contributed by atoms with van der Waals surface area (Å²) >= 11 is 1.16. The number of aromatic hydroxyl groups is 1. The fourth-order valence-corrected chi connectivity index (χ4v) is 4.41. The lowest BCUT2D eigenvalue weighted by molar-refractivity contribution is -0.115. The molecule has 2 aromatic carbocycles. The number of carbonyl (C=O) groups excluding carboxylic acids is 2. The number of ketones is 1. The summed E-state index contributed by atoms with van der Waals surface area (Å²) in [5.41, 5.74) is 0.521. The first-order valence-corrected chi connectivity index (χ1v) is 11.3. The number of phenolic OH excluding ortho intramolecular Hbond substituents is 1. The van der Waals surface area contributed by atoms with E-state index in [-0.39, 0.29) is 41.1 Å². The number of ether oxygens (including phenoxy) is 1. The number of hydrogen-bond acceptors (Lipinski definition) is 7. The van der Waals surface area contributed by atoms with Gasteiger partial charge in [0.1, 0.15) is 5.75 Å². The lowest BCUT2D eigenvalue weighted by Gasteiger charge is -2.16. The number of Topliss-reactive ketones (excluding diaryl/α,β-unsaturated/α-hetero) is 1. The van der Waals surface area contributed by atoms with Gasteiger partial charge in [-0.25, -0.2) is 4.98 Å². The molecule has 166 valence electrons. The Morgan fingerprint density at radius 1 is 1.19 bits per heavy atom. The van der Waals surface area contributed by atoms with E-state index in [9.17, 15) is 19.5 Å². The lowest BCUT2D eigenvalue weighted by atomic mass is 10.2. The van der Waals surface area contributed by atoms with E-state index in [0.717, 1.165) is 24.6 Å². The van der Waals surface area contributed by atoms with Crippen LogP contribution in [0.1, 0.15) is 23.2 Å². The van der Waals surface area contributed by atoms with Gasteiger partial charge in [0, 0.05) is 6.61 Å². The molecule has 0 bridgehead atoms. The highest BCUT2D eigenvalue weighted by atomic mass is 32.2. The van der Waals surface area contributed by atoms with Crippen LogP contribution in [0, 0.1) is 0 Å². The Labute approximate surface area is 188 Å². The zero-order chi connectivity index (χ0) is 22.5. The molecule has 1 unspecified atom stereocenters. The number of nitrogens with zero attached hydrogens (tertiary/aromatic N) is 2. The van der Waals surface area contributed by atoms with Crippen LogP contribution in [0.4, 0.5) is 0 Å². The van der Waals surface area contributed by atoms with Gasteiger partial charge in [0.25, 0.3) is 11.5 Å². The number of fused-ring (bicyclic) bond motifs is 1. The quantitative estimate of drug-likeness (QED) is 0.398. The minimum atomic E-state index is -0.527. The van der Waals surface area contributed by atoms with E-state index in [4.69, 9.17) is 4.74 Å². The highest BCUT2D eigenvalue weighted by Gasteiger charge is 2.21. The molecule has 0 aliphatic carbocycles. The number of phenols is 1. The van der Waals surface area contributed by atoms with Gasteiger partial charge in [-0.2, -0.15) is 0 Å². The molecule has 1 atom stereocenters. The first kappa shape index (κ1) is 22.0. The third kappa shape index (κ3) is 5.00. The van der Waals surface area contributed by atoms with Gasteiger partial charge in [0.15, 0.2) is 10.9 Å². The zero-order valence-electron chi connectivity index (χ0n) is 17.3. The first-order chi connectivity index (χ1) is 15.5. The van der Waals surface area contributed by atoms with Gasteiger partial charge in [-0.1, -0.05) is 36.0 Å². The Balaban J connectivity index is 1.45. The van der Waals surface area contributed by atoms with Crippen LogP contribution in [-0.4, -0.2) is 51.4 Å². The lowest BCUT2D eigenvalue weighted by Crippen LogP contribution is -2.31. The van der Waals surface area contributed by atoms with E-state index in [1.807, 2.05) is 6.07 Å². The van der Waals surface area contributed by atoms with Crippen LogP contribution in [0.2, 0.25) is 0 Å². The van der Waals surface area contributed by atoms with Crippen molar-refractivity contribution in [2.45, 2.75) is 30.6 Å².